The molecule has 1 fully saturated rings. The number of carboxylic acid groups (broad SMARTS) is 1. The first-order chi connectivity index (χ1) is 5.43. The summed E-state index contributed by atoms with van der Waals surface area (Å²) in [5.41, 5.74) is 0. The minimum atomic E-state index is -4.47. The number of halogens is 3. The summed E-state index contributed by atoms with van der Waals surface area (Å²) >= 11 is 0. The first kappa shape index (κ1) is 9.31. The lowest BCUT2D eigenvalue weighted by molar-refractivity contribution is -0.189. The molecule has 6 heteroatoms. The van der Waals surface area contributed by atoms with Crippen LogP contribution in [0.1, 0.15) is 0 Å². The molecule has 0 saturated carbocycles. The maximum absolute atomic E-state index is 12.0. The lowest BCUT2D eigenvalue weighted by atomic mass is 9.96. The minimum absolute atomic E-state index is 0.348. The minimum Gasteiger partial charge on any atom is -0.481 e. The molecule has 0 amide bonds. The predicted octanol–water partition coefficient (Wildman–Crippen LogP) is 0.896. The summed E-state index contributed by atoms with van der Waals surface area (Å²) in [6, 6.07) is 0. The molecule has 12 heavy (non-hydrogen) atoms. The van der Waals surface area contributed by atoms with E-state index in [-0.39, 0.29) is 6.61 Å². The maximum atomic E-state index is 12.0. The highest BCUT2D eigenvalue weighted by molar-refractivity contribution is 5.71. The van der Waals surface area contributed by atoms with Crippen LogP contribution in [0, 0.1) is 11.8 Å². The number of ether oxygens (including phenoxy) is 1. The molecule has 0 unspecified atom stereocenters. The summed E-state index contributed by atoms with van der Waals surface area (Å²) in [4.78, 5) is 10.3. The van der Waals surface area contributed by atoms with Crippen molar-refractivity contribution in [2.45, 2.75) is 6.18 Å². The van der Waals surface area contributed by atoms with Crippen molar-refractivity contribution in [2.24, 2.45) is 11.8 Å². The van der Waals surface area contributed by atoms with E-state index in [1.807, 2.05) is 0 Å². The zero-order valence-electron chi connectivity index (χ0n) is 5.97. The zero-order chi connectivity index (χ0) is 9.35. The molecule has 70 valence electrons. The van der Waals surface area contributed by atoms with Gasteiger partial charge in [-0.15, -0.1) is 0 Å². The molecule has 0 aromatic rings. The van der Waals surface area contributed by atoms with Crippen molar-refractivity contribution in [3.8, 4) is 0 Å². The second kappa shape index (κ2) is 2.93. The van der Waals surface area contributed by atoms with Gasteiger partial charge in [-0.3, -0.25) is 4.79 Å². The van der Waals surface area contributed by atoms with E-state index in [2.05, 4.69) is 4.74 Å². The van der Waals surface area contributed by atoms with Crippen LogP contribution in [0.15, 0.2) is 0 Å². The van der Waals surface area contributed by atoms with Crippen molar-refractivity contribution < 1.29 is 27.8 Å². The molecule has 2 atom stereocenters. The van der Waals surface area contributed by atoms with Crippen LogP contribution in [0.5, 0.6) is 0 Å². The van der Waals surface area contributed by atoms with Gasteiger partial charge in [0.05, 0.1) is 25.0 Å². The van der Waals surface area contributed by atoms with E-state index >= 15 is 0 Å². The Kier molecular flexibility index (Phi) is 2.27. The third-order valence-electron chi connectivity index (χ3n) is 1.82. The zero-order valence-corrected chi connectivity index (χ0v) is 5.97. The summed E-state index contributed by atoms with van der Waals surface area (Å²) in [6.07, 6.45) is -4.47. The van der Waals surface area contributed by atoms with Gasteiger partial charge in [-0.1, -0.05) is 0 Å². The molecule has 1 rings (SSSR count). The molecule has 1 N–H and O–H groups in total. The second-order valence-electron chi connectivity index (χ2n) is 2.63. The van der Waals surface area contributed by atoms with E-state index in [1.54, 1.807) is 0 Å². The Labute approximate surface area is 66.1 Å². The van der Waals surface area contributed by atoms with Gasteiger partial charge in [0.25, 0.3) is 0 Å². The largest absolute Gasteiger partial charge is 0.481 e. The van der Waals surface area contributed by atoms with Crippen LogP contribution >= 0.6 is 0 Å². The van der Waals surface area contributed by atoms with Crippen molar-refractivity contribution in [3.63, 3.8) is 0 Å². The molecular weight excluding hydrogens is 177 g/mol. The summed E-state index contributed by atoms with van der Waals surface area (Å²) in [7, 11) is 0. The molecule has 1 saturated heterocycles. The lowest BCUT2D eigenvalue weighted by Gasteiger charge is -2.16. The monoisotopic (exact) mass is 184 g/mol. The number of hydrogen-bond donors (Lipinski definition) is 1. The van der Waals surface area contributed by atoms with Gasteiger partial charge < -0.3 is 9.84 Å². The van der Waals surface area contributed by atoms with E-state index in [9.17, 15) is 18.0 Å². The standard InChI is InChI=1S/C6H7F3O3/c7-6(8,9)4-2-12-1-3(4)5(10)11/h3-4H,1-2H2,(H,10,11)/t3-,4-/m1/s1. The van der Waals surface area contributed by atoms with Gasteiger partial charge in [0.1, 0.15) is 0 Å². The van der Waals surface area contributed by atoms with Gasteiger partial charge in [0.15, 0.2) is 0 Å². The number of alkyl halides is 3. The Morgan fingerprint density at radius 2 is 2.00 bits per heavy atom. The Hall–Kier alpha value is -0.780. The topological polar surface area (TPSA) is 46.5 Å². The molecule has 0 aliphatic carbocycles. The first-order valence-corrected chi connectivity index (χ1v) is 3.30. The fourth-order valence-electron chi connectivity index (χ4n) is 1.12. The smallest absolute Gasteiger partial charge is 0.394 e. The number of hydrogen-bond acceptors (Lipinski definition) is 2. The van der Waals surface area contributed by atoms with Crippen LogP contribution in [0.2, 0.25) is 0 Å². The van der Waals surface area contributed by atoms with Gasteiger partial charge in [0.2, 0.25) is 0 Å². The van der Waals surface area contributed by atoms with E-state index in [1.165, 1.54) is 0 Å². The van der Waals surface area contributed by atoms with E-state index in [0.717, 1.165) is 0 Å². The highest BCUT2D eigenvalue weighted by atomic mass is 19.4. The second-order valence-corrected chi connectivity index (χ2v) is 2.63. The SMILES string of the molecule is O=C(O)[C@@H]1COC[C@H]1C(F)(F)F. The van der Waals surface area contributed by atoms with Crippen LogP contribution in [0.4, 0.5) is 13.2 Å². The van der Waals surface area contributed by atoms with Crippen molar-refractivity contribution in [3.05, 3.63) is 0 Å². The average Bonchev–Trinajstić information content (AvgIpc) is 2.30. The molecule has 1 aliphatic heterocycles. The van der Waals surface area contributed by atoms with E-state index in [4.69, 9.17) is 5.11 Å². The van der Waals surface area contributed by atoms with Crippen molar-refractivity contribution in [1.29, 1.82) is 0 Å². The third kappa shape index (κ3) is 1.69. The fraction of sp³-hybridized carbons (Fsp3) is 0.833. The van der Waals surface area contributed by atoms with Crippen LogP contribution < -0.4 is 0 Å². The number of carboxylic acids is 1. The molecule has 3 nitrogen and oxygen atoms in total. The van der Waals surface area contributed by atoms with Gasteiger partial charge in [-0.2, -0.15) is 13.2 Å². The molecule has 1 aliphatic rings. The molecule has 0 aromatic heterocycles. The molecule has 0 bridgehead atoms. The molecular formula is C6H7F3O3. The summed E-state index contributed by atoms with van der Waals surface area (Å²) < 4.78 is 40.5. The number of rotatable bonds is 1. The Morgan fingerprint density at radius 1 is 1.42 bits per heavy atom. The quantitative estimate of drug-likeness (QED) is 0.658. The Morgan fingerprint density at radius 3 is 2.33 bits per heavy atom. The predicted molar refractivity (Wildman–Crippen MR) is 31.5 cm³/mol. The van der Waals surface area contributed by atoms with Crippen LogP contribution in [-0.4, -0.2) is 30.5 Å². The fourth-order valence-corrected chi connectivity index (χ4v) is 1.12. The van der Waals surface area contributed by atoms with E-state index < -0.39 is 30.6 Å². The van der Waals surface area contributed by atoms with Crippen LogP contribution in [0.25, 0.3) is 0 Å². The van der Waals surface area contributed by atoms with E-state index in [0.29, 0.717) is 0 Å². The summed E-state index contributed by atoms with van der Waals surface area (Å²) in [6.45, 7) is -0.889. The molecule has 0 spiro atoms. The molecule has 0 aromatic carbocycles. The summed E-state index contributed by atoms with van der Waals surface area (Å²) in [5, 5.41) is 8.37. The van der Waals surface area contributed by atoms with Gasteiger partial charge in [-0.05, 0) is 0 Å². The number of aliphatic carboxylic acids is 1. The lowest BCUT2D eigenvalue weighted by Crippen LogP contribution is -2.33. The first-order valence-electron chi connectivity index (χ1n) is 3.30. The average molecular weight is 184 g/mol. The highest BCUT2D eigenvalue weighted by Gasteiger charge is 2.50. The normalized spacial score (nSPS) is 30.6. The highest BCUT2D eigenvalue weighted by Crippen LogP contribution is 2.36. The van der Waals surface area contributed by atoms with Crippen LogP contribution in [-0.2, 0) is 9.53 Å². The van der Waals surface area contributed by atoms with Gasteiger partial charge in [0, 0.05) is 0 Å². The Bertz CT molecular complexity index is 189. The van der Waals surface area contributed by atoms with Crippen molar-refractivity contribution in [2.75, 3.05) is 13.2 Å². The summed E-state index contributed by atoms with van der Waals surface area (Å²) in [5.74, 6) is -4.74. The van der Waals surface area contributed by atoms with Crippen molar-refractivity contribution >= 4 is 5.97 Å². The van der Waals surface area contributed by atoms with Crippen molar-refractivity contribution in [1.82, 2.24) is 0 Å². The molecule has 1 heterocycles. The van der Waals surface area contributed by atoms with Gasteiger partial charge >= 0.3 is 12.1 Å². The maximum Gasteiger partial charge on any atom is 0.394 e. The molecule has 0 radical (unpaired) electrons. The Balaban J connectivity index is 2.71. The third-order valence-corrected chi connectivity index (χ3v) is 1.82. The number of carbonyl (C=O) groups is 1. The van der Waals surface area contributed by atoms with Gasteiger partial charge in [-0.25, -0.2) is 0 Å². The van der Waals surface area contributed by atoms with Crippen LogP contribution in [0.3, 0.4) is 0 Å².